The van der Waals surface area contributed by atoms with E-state index < -0.39 is 6.10 Å². The van der Waals surface area contributed by atoms with Crippen LogP contribution in [0.1, 0.15) is 24.8 Å². The fourth-order valence-electron chi connectivity index (χ4n) is 3.49. The van der Waals surface area contributed by atoms with Gasteiger partial charge in [0.25, 0.3) is 0 Å². The van der Waals surface area contributed by atoms with Gasteiger partial charge in [-0.1, -0.05) is 6.42 Å². The van der Waals surface area contributed by atoms with E-state index in [1.165, 1.54) is 24.8 Å². The standard InChI is InChI=1S/C17H25N3O2/c21-16-12-20(17(22)13-19-8-2-1-3-9-19)11-15(16)10-14-4-6-18-7-5-14/h4-7,15-16,21H,1-3,8-13H2/t15-,16+/m1/s1. The van der Waals surface area contributed by atoms with Gasteiger partial charge in [-0.15, -0.1) is 0 Å². The zero-order valence-corrected chi connectivity index (χ0v) is 13.0. The van der Waals surface area contributed by atoms with E-state index in [4.69, 9.17) is 0 Å². The van der Waals surface area contributed by atoms with E-state index in [1.807, 2.05) is 17.0 Å². The fraction of sp³-hybridized carbons (Fsp3) is 0.647. The molecule has 1 aromatic heterocycles. The Hall–Kier alpha value is -1.46. The molecule has 1 N–H and O–H groups in total. The fourth-order valence-corrected chi connectivity index (χ4v) is 3.49. The van der Waals surface area contributed by atoms with E-state index in [2.05, 4.69) is 9.88 Å². The summed E-state index contributed by atoms with van der Waals surface area (Å²) in [6, 6.07) is 3.95. The van der Waals surface area contributed by atoms with Crippen molar-refractivity contribution in [3.8, 4) is 0 Å². The van der Waals surface area contributed by atoms with E-state index in [0.717, 1.165) is 19.5 Å². The number of pyridine rings is 1. The summed E-state index contributed by atoms with van der Waals surface area (Å²) >= 11 is 0. The highest BCUT2D eigenvalue weighted by Crippen LogP contribution is 2.22. The quantitative estimate of drug-likeness (QED) is 0.899. The minimum absolute atomic E-state index is 0.132. The molecule has 0 aromatic carbocycles. The number of aromatic nitrogens is 1. The predicted octanol–water partition coefficient (Wildman–Crippen LogP) is 0.929. The molecule has 3 heterocycles. The van der Waals surface area contributed by atoms with Gasteiger partial charge in [-0.05, 0) is 50.0 Å². The summed E-state index contributed by atoms with van der Waals surface area (Å²) in [6.45, 7) is 3.71. The van der Waals surface area contributed by atoms with Crippen molar-refractivity contribution in [2.75, 3.05) is 32.7 Å². The third kappa shape index (κ3) is 3.84. The molecule has 5 nitrogen and oxygen atoms in total. The molecule has 0 aliphatic carbocycles. The van der Waals surface area contributed by atoms with Crippen molar-refractivity contribution >= 4 is 5.91 Å². The molecular weight excluding hydrogens is 278 g/mol. The number of β-amino-alcohol motifs (C(OH)–C–C–N with tert-alkyl or cyclic N) is 1. The van der Waals surface area contributed by atoms with E-state index in [9.17, 15) is 9.90 Å². The first-order valence-electron chi connectivity index (χ1n) is 8.29. The highest BCUT2D eigenvalue weighted by atomic mass is 16.3. The lowest BCUT2D eigenvalue weighted by Crippen LogP contribution is -2.41. The zero-order chi connectivity index (χ0) is 15.4. The SMILES string of the molecule is O=C(CN1CCCCC1)N1C[C@@H](Cc2ccncc2)[C@@H](O)C1. The monoisotopic (exact) mass is 303 g/mol. The lowest BCUT2D eigenvalue weighted by Gasteiger charge is -2.27. The Morgan fingerprint density at radius 2 is 1.91 bits per heavy atom. The van der Waals surface area contributed by atoms with Crippen molar-refractivity contribution in [2.45, 2.75) is 31.8 Å². The van der Waals surface area contributed by atoms with Crippen molar-refractivity contribution in [3.63, 3.8) is 0 Å². The summed E-state index contributed by atoms with van der Waals surface area (Å²) < 4.78 is 0. The van der Waals surface area contributed by atoms with Crippen molar-refractivity contribution in [3.05, 3.63) is 30.1 Å². The maximum absolute atomic E-state index is 12.4. The average Bonchev–Trinajstić information content (AvgIpc) is 2.90. The van der Waals surface area contributed by atoms with Crippen molar-refractivity contribution in [2.24, 2.45) is 5.92 Å². The minimum atomic E-state index is -0.418. The summed E-state index contributed by atoms with van der Waals surface area (Å²) in [4.78, 5) is 20.5. The smallest absolute Gasteiger partial charge is 0.236 e. The van der Waals surface area contributed by atoms with Gasteiger partial charge in [-0.3, -0.25) is 14.7 Å². The van der Waals surface area contributed by atoms with Gasteiger partial charge in [-0.2, -0.15) is 0 Å². The van der Waals surface area contributed by atoms with Crippen LogP contribution in [-0.2, 0) is 11.2 Å². The molecule has 3 rings (SSSR count). The largest absolute Gasteiger partial charge is 0.391 e. The maximum atomic E-state index is 12.4. The molecule has 0 bridgehead atoms. The average molecular weight is 303 g/mol. The number of carbonyl (C=O) groups excluding carboxylic acids is 1. The van der Waals surface area contributed by atoms with Gasteiger partial charge >= 0.3 is 0 Å². The van der Waals surface area contributed by atoms with Gasteiger partial charge in [0.2, 0.25) is 5.91 Å². The molecule has 1 amide bonds. The molecule has 1 aromatic rings. The van der Waals surface area contributed by atoms with E-state index in [0.29, 0.717) is 19.6 Å². The van der Waals surface area contributed by atoms with Crippen LogP contribution in [0.3, 0.4) is 0 Å². The van der Waals surface area contributed by atoms with Gasteiger partial charge in [-0.25, -0.2) is 0 Å². The Morgan fingerprint density at radius 1 is 1.18 bits per heavy atom. The van der Waals surface area contributed by atoms with Crippen LogP contribution < -0.4 is 0 Å². The second-order valence-corrected chi connectivity index (χ2v) is 6.52. The topological polar surface area (TPSA) is 56.7 Å². The number of hydrogen-bond acceptors (Lipinski definition) is 4. The van der Waals surface area contributed by atoms with Crippen LogP contribution in [-0.4, -0.2) is 64.6 Å². The first kappa shape index (κ1) is 15.4. The Kier molecular flexibility index (Phi) is 5.05. The summed E-state index contributed by atoms with van der Waals surface area (Å²) in [5.74, 6) is 0.297. The Balaban J connectivity index is 1.52. The maximum Gasteiger partial charge on any atom is 0.236 e. The van der Waals surface area contributed by atoms with Gasteiger partial charge in [0.1, 0.15) is 0 Å². The molecule has 0 saturated carbocycles. The number of nitrogens with zero attached hydrogens (tertiary/aromatic N) is 3. The molecule has 0 unspecified atom stereocenters. The van der Waals surface area contributed by atoms with Crippen LogP contribution in [0.25, 0.3) is 0 Å². The molecule has 5 heteroatoms. The Morgan fingerprint density at radius 3 is 2.64 bits per heavy atom. The molecule has 120 valence electrons. The van der Waals surface area contributed by atoms with Crippen LogP contribution in [0.15, 0.2) is 24.5 Å². The molecule has 0 radical (unpaired) electrons. The normalized spacial score (nSPS) is 26.3. The highest BCUT2D eigenvalue weighted by molar-refractivity contribution is 5.78. The van der Waals surface area contributed by atoms with Gasteiger partial charge < -0.3 is 10.0 Å². The Labute approximate surface area is 131 Å². The lowest BCUT2D eigenvalue weighted by molar-refractivity contribution is -0.132. The second kappa shape index (κ2) is 7.20. The number of hydrogen-bond donors (Lipinski definition) is 1. The third-order valence-electron chi connectivity index (χ3n) is 4.81. The summed E-state index contributed by atoms with van der Waals surface area (Å²) in [6.07, 6.45) is 7.60. The number of carbonyl (C=O) groups is 1. The third-order valence-corrected chi connectivity index (χ3v) is 4.81. The number of amides is 1. The molecule has 2 saturated heterocycles. The number of piperidine rings is 1. The van der Waals surface area contributed by atoms with Gasteiger partial charge in [0.15, 0.2) is 0 Å². The second-order valence-electron chi connectivity index (χ2n) is 6.52. The first-order chi connectivity index (χ1) is 10.7. The number of rotatable bonds is 4. The minimum Gasteiger partial charge on any atom is -0.391 e. The highest BCUT2D eigenvalue weighted by Gasteiger charge is 2.34. The Bertz CT molecular complexity index is 488. The molecule has 0 spiro atoms. The van der Waals surface area contributed by atoms with Crippen molar-refractivity contribution in [1.29, 1.82) is 0 Å². The summed E-state index contributed by atoms with van der Waals surface area (Å²) in [7, 11) is 0. The van der Waals surface area contributed by atoms with Crippen LogP contribution in [0.4, 0.5) is 0 Å². The van der Waals surface area contributed by atoms with E-state index in [-0.39, 0.29) is 11.8 Å². The lowest BCUT2D eigenvalue weighted by atomic mass is 9.97. The number of likely N-dealkylation sites (tertiary alicyclic amines) is 2. The molecule has 2 fully saturated rings. The molecular formula is C17H25N3O2. The molecule has 2 aliphatic rings. The summed E-state index contributed by atoms with van der Waals surface area (Å²) in [5.41, 5.74) is 1.17. The van der Waals surface area contributed by atoms with Gasteiger partial charge in [0.05, 0.1) is 12.6 Å². The van der Waals surface area contributed by atoms with Crippen LogP contribution in [0, 0.1) is 5.92 Å². The van der Waals surface area contributed by atoms with Gasteiger partial charge in [0, 0.05) is 31.4 Å². The van der Waals surface area contributed by atoms with Crippen LogP contribution >= 0.6 is 0 Å². The van der Waals surface area contributed by atoms with Crippen molar-refractivity contribution < 1.29 is 9.90 Å². The van der Waals surface area contributed by atoms with E-state index in [1.54, 1.807) is 12.4 Å². The number of aliphatic hydroxyl groups is 1. The van der Waals surface area contributed by atoms with Crippen molar-refractivity contribution in [1.82, 2.24) is 14.8 Å². The molecule has 2 atom stereocenters. The zero-order valence-electron chi connectivity index (χ0n) is 13.0. The predicted molar refractivity (Wildman–Crippen MR) is 84.3 cm³/mol. The molecule has 22 heavy (non-hydrogen) atoms. The first-order valence-corrected chi connectivity index (χ1v) is 8.29. The molecule has 2 aliphatic heterocycles. The van der Waals surface area contributed by atoms with E-state index >= 15 is 0 Å². The van der Waals surface area contributed by atoms with Crippen LogP contribution in [0.2, 0.25) is 0 Å². The number of aliphatic hydroxyl groups excluding tert-OH is 1. The van der Waals surface area contributed by atoms with Crippen LogP contribution in [0.5, 0.6) is 0 Å². The summed E-state index contributed by atoms with van der Waals surface area (Å²) in [5, 5.41) is 10.3.